The van der Waals surface area contributed by atoms with Crippen LogP contribution in [0.3, 0.4) is 0 Å². The molecule has 1 N–H and O–H groups in total. The van der Waals surface area contributed by atoms with E-state index in [1.807, 2.05) is 0 Å². The number of amides is 1. The molecular weight excluding hydrogens is 419 g/mol. The molecule has 11 heteroatoms. The van der Waals surface area contributed by atoms with E-state index in [1.165, 1.54) is 6.07 Å². The van der Waals surface area contributed by atoms with Crippen LogP contribution >= 0.6 is 0 Å². The van der Waals surface area contributed by atoms with Gasteiger partial charge in [-0.3, -0.25) is 4.79 Å². The number of hydrogen-bond acceptors (Lipinski definition) is 2. The number of nitrogens with zero attached hydrogens (tertiary/aromatic N) is 2. The monoisotopic (exact) mass is 439 g/mol. The second-order valence-corrected chi connectivity index (χ2v) is 7.75. The lowest BCUT2D eigenvalue weighted by Gasteiger charge is -2.14. The van der Waals surface area contributed by atoms with Gasteiger partial charge in [-0.15, -0.1) is 0 Å². The molecule has 30 heavy (non-hydrogen) atoms. The fourth-order valence-corrected chi connectivity index (χ4v) is 2.54. The lowest BCUT2D eigenvalue weighted by molar-refractivity contribution is -0.138. The minimum absolute atomic E-state index is 0.0380. The molecule has 2 aromatic rings. The molecule has 0 bridgehead atoms. The summed E-state index contributed by atoms with van der Waals surface area (Å²) in [5.41, 5.74) is -2.13. The van der Waals surface area contributed by atoms with E-state index in [4.69, 9.17) is 0 Å². The lowest BCUT2D eigenvalue weighted by atomic mass is 9.92. The van der Waals surface area contributed by atoms with Gasteiger partial charge < -0.3 is 5.32 Å². The van der Waals surface area contributed by atoms with E-state index < -0.39 is 47.0 Å². The predicted molar refractivity (Wildman–Crippen MR) is 95.6 cm³/mol. The van der Waals surface area contributed by atoms with Crippen LogP contribution in [0.5, 0.6) is 0 Å². The highest BCUT2D eigenvalue weighted by atomic mass is 19.4. The van der Waals surface area contributed by atoms with Crippen molar-refractivity contribution < 1.29 is 35.5 Å². The van der Waals surface area contributed by atoms with Crippen molar-refractivity contribution in [3.8, 4) is 0 Å². The van der Waals surface area contributed by atoms with E-state index in [0.717, 1.165) is 4.68 Å². The van der Waals surface area contributed by atoms with E-state index in [-0.39, 0.29) is 18.8 Å². The Hall–Kier alpha value is -2.59. The number of hydrogen-bond donors (Lipinski definition) is 1. The van der Waals surface area contributed by atoms with Gasteiger partial charge in [-0.25, -0.2) is 9.07 Å². The standard InChI is InChI=1S/C19H20F7N3O/c1-17(2,3)14-10-15(29(28-14)8-4-7-18(21,22)23)27-16(30)12-9-11(19(24,25)26)5-6-13(12)20/h5-6,9-10H,4,7-8H2,1-3H3,(H,27,30). The summed E-state index contributed by atoms with van der Waals surface area (Å²) in [6.45, 7) is 5.16. The zero-order valence-electron chi connectivity index (χ0n) is 16.4. The van der Waals surface area contributed by atoms with Crippen LogP contribution in [-0.4, -0.2) is 21.9 Å². The quantitative estimate of drug-likeness (QED) is 0.587. The van der Waals surface area contributed by atoms with Crippen molar-refractivity contribution in [3.63, 3.8) is 0 Å². The number of carbonyl (C=O) groups excluding carboxylic acids is 1. The van der Waals surface area contributed by atoms with E-state index in [9.17, 15) is 35.5 Å². The molecule has 0 unspecified atom stereocenters. The summed E-state index contributed by atoms with van der Waals surface area (Å²) < 4.78 is 91.0. The molecule has 1 heterocycles. The molecule has 0 fully saturated rings. The first-order valence-electron chi connectivity index (χ1n) is 8.91. The molecule has 0 aliphatic carbocycles. The van der Waals surface area contributed by atoms with Crippen LogP contribution in [0.2, 0.25) is 0 Å². The molecule has 2 rings (SSSR count). The molecule has 0 radical (unpaired) electrons. The molecule has 0 atom stereocenters. The summed E-state index contributed by atoms with van der Waals surface area (Å²) in [6.07, 6.45) is -10.5. The molecule has 0 aliphatic heterocycles. The van der Waals surface area contributed by atoms with E-state index in [2.05, 4.69) is 10.4 Å². The average molecular weight is 439 g/mol. The normalized spacial score (nSPS) is 12.9. The van der Waals surface area contributed by atoms with Crippen molar-refractivity contribution >= 4 is 11.7 Å². The highest BCUT2D eigenvalue weighted by Crippen LogP contribution is 2.31. The Labute approximate surface area is 168 Å². The summed E-state index contributed by atoms with van der Waals surface area (Å²) in [4.78, 5) is 12.4. The Morgan fingerprint density at radius 2 is 1.70 bits per heavy atom. The van der Waals surface area contributed by atoms with Gasteiger partial charge in [0, 0.05) is 24.4 Å². The van der Waals surface area contributed by atoms with Crippen LogP contribution in [0.4, 0.5) is 36.6 Å². The summed E-state index contributed by atoms with van der Waals surface area (Å²) >= 11 is 0. The number of rotatable bonds is 5. The molecule has 0 aliphatic rings. The SMILES string of the molecule is CC(C)(C)c1cc(NC(=O)c2cc(C(F)(F)F)ccc2F)n(CCCC(F)(F)F)n1. The molecule has 0 spiro atoms. The Kier molecular flexibility index (Phi) is 6.53. The van der Waals surface area contributed by atoms with Crippen LogP contribution in [0.1, 0.15) is 55.2 Å². The second-order valence-electron chi connectivity index (χ2n) is 7.75. The molecule has 1 amide bonds. The van der Waals surface area contributed by atoms with Gasteiger partial charge in [-0.1, -0.05) is 20.8 Å². The van der Waals surface area contributed by atoms with E-state index in [1.54, 1.807) is 20.8 Å². The first-order valence-corrected chi connectivity index (χ1v) is 8.91. The van der Waals surface area contributed by atoms with Crippen molar-refractivity contribution in [3.05, 3.63) is 46.9 Å². The minimum Gasteiger partial charge on any atom is -0.307 e. The van der Waals surface area contributed by atoms with Crippen molar-refractivity contribution in [2.24, 2.45) is 0 Å². The fraction of sp³-hybridized carbons (Fsp3) is 0.474. The lowest BCUT2D eigenvalue weighted by Crippen LogP contribution is -2.19. The van der Waals surface area contributed by atoms with Crippen LogP contribution in [0.15, 0.2) is 24.3 Å². The van der Waals surface area contributed by atoms with E-state index in [0.29, 0.717) is 23.9 Å². The van der Waals surface area contributed by atoms with Gasteiger partial charge in [0.2, 0.25) is 0 Å². The number of nitrogens with one attached hydrogen (secondary N) is 1. The molecule has 166 valence electrons. The largest absolute Gasteiger partial charge is 0.416 e. The van der Waals surface area contributed by atoms with Gasteiger partial charge in [-0.05, 0) is 24.6 Å². The van der Waals surface area contributed by atoms with Gasteiger partial charge in [0.1, 0.15) is 11.6 Å². The Morgan fingerprint density at radius 3 is 2.23 bits per heavy atom. The van der Waals surface area contributed by atoms with Gasteiger partial charge >= 0.3 is 12.4 Å². The van der Waals surface area contributed by atoms with Crippen LogP contribution < -0.4 is 5.32 Å². The van der Waals surface area contributed by atoms with Gasteiger partial charge in [0.15, 0.2) is 0 Å². The molecule has 1 aromatic heterocycles. The Bertz CT molecular complexity index is 908. The Balaban J connectivity index is 2.32. The maximum absolute atomic E-state index is 14.0. The third-order valence-electron chi connectivity index (χ3n) is 4.16. The van der Waals surface area contributed by atoms with Gasteiger partial charge in [0.05, 0.1) is 16.8 Å². The number of halogens is 7. The summed E-state index contributed by atoms with van der Waals surface area (Å²) in [5, 5.41) is 6.45. The van der Waals surface area contributed by atoms with Gasteiger partial charge in [0.25, 0.3) is 5.91 Å². The molecule has 0 saturated heterocycles. The average Bonchev–Trinajstić information content (AvgIpc) is 2.96. The Morgan fingerprint density at radius 1 is 1.07 bits per heavy atom. The topological polar surface area (TPSA) is 46.9 Å². The highest BCUT2D eigenvalue weighted by Gasteiger charge is 2.32. The maximum atomic E-state index is 14.0. The van der Waals surface area contributed by atoms with Crippen molar-refractivity contribution in [2.75, 3.05) is 5.32 Å². The number of carbonyl (C=O) groups is 1. The number of benzene rings is 1. The maximum Gasteiger partial charge on any atom is 0.416 e. The van der Waals surface area contributed by atoms with E-state index >= 15 is 0 Å². The van der Waals surface area contributed by atoms with Gasteiger partial charge in [-0.2, -0.15) is 31.4 Å². The van der Waals surface area contributed by atoms with Crippen LogP contribution in [-0.2, 0) is 18.1 Å². The molecule has 1 aromatic carbocycles. The first kappa shape index (κ1) is 23.7. The third-order valence-corrected chi connectivity index (χ3v) is 4.16. The number of aryl methyl sites for hydroxylation is 1. The highest BCUT2D eigenvalue weighted by molar-refractivity contribution is 6.04. The van der Waals surface area contributed by atoms with Crippen LogP contribution in [0.25, 0.3) is 0 Å². The zero-order valence-corrected chi connectivity index (χ0v) is 16.4. The minimum atomic E-state index is -4.78. The van der Waals surface area contributed by atoms with Crippen molar-refractivity contribution in [1.82, 2.24) is 9.78 Å². The molecule has 4 nitrogen and oxygen atoms in total. The summed E-state index contributed by atoms with van der Waals surface area (Å²) in [5.74, 6) is -2.38. The van der Waals surface area contributed by atoms with Crippen molar-refractivity contribution in [1.29, 1.82) is 0 Å². The fourth-order valence-electron chi connectivity index (χ4n) is 2.54. The predicted octanol–water partition coefficient (Wildman–Crippen LogP) is 5.93. The first-order chi connectivity index (χ1) is 13.6. The van der Waals surface area contributed by atoms with Crippen LogP contribution in [0, 0.1) is 5.82 Å². The number of anilines is 1. The molecule has 0 saturated carbocycles. The summed E-state index contributed by atoms with van der Waals surface area (Å²) in [6, 6.07) is 2.81. The zero-order chi connectivity index (χ0) is 22.9. The smallest absolute Gasteiger partial charge is 0.307 e. The second kappa shape index (κ2) is 8.27. The summed E-state index contributed by atoms with van der Waals surface area (Å²) in [7, 11) is 0. The number of aromatic nitrogens is 2. The molecular formula is C19H20F7N3O. The number of alkyl halides is 6. The van der Waals surface area contributed by atoms with Crippen molar-refractivity contribution in [2.45, 2.75) is 57.9 Å². The third kappa shape index (κ3) is 6.20.